The third-order valence-corrected chi connectivity index (χ3v) is 5.02. The van der Waals surface area contributed by atoms with Gasteiger partial charge in [-0.05, 0) is 63.5 Å². The molecular weight excluding hydrogens is 425 g/mol. The molecule has 0 bridgehead atoms. The van der Waals surface area contributed by atoms with Gasteiger partial charge in [0.1, 0.15) is 0 Å². The summed E-state index contributed by atoms with van der Waals surface area (Å²) in [5.74, 6) is 0.802. The number of nitrogens with one attached hydrogen (secondary N) is 1. The van der Waals surface area contributed by atoms with Crippen LogP contribution in [0.5, 0.6) is 0 Å². The fourth-order valence-corrected chi connectivity index (χ4v) is 3.67. The van der Waals surface area contributed by atoms with E-state index in [0.29, 0.717) is 5.92 Å². The van der Waals surface area contributed by atoms with Crippen molar-refractivity contribution in [1.29, 1.82) is 0 Å². The number of hydrogen-bond acceptors (Lipinski definition) is 3. The van der Waals surface area contributed by atoms with Crippen LogP contribution in [-0.2, 0) is 0 Å². The first-order chi connectivity index (χ1) is 11.1. The van der Waals surface area contributed by atoms with Crippen LogP contribution in [-0.4, -0.2) is 42.5 Å². The number of rotatable bonds is 3. The number of carbonyl (C=O) groups excluding carboxylic acids is 1. The van der Waals surface area contributed by atoms with Crippen molar-refractivity contribution >= 4 is 57.6 Å². The molecular formula is C18H24BrCl2N3O. The number of carbonyl (C=O) groups is 1. The Bertz CT molecular complexity index is 734. The number of benzene rings is 1. The summed E-state index contributed by atoms with van der Waals surface area (Å²) in [6.45, 7) is 4.65. The minimum atomic E-state index is 0. The molecule has 138 valence electrons. The van der Waals surface area contributed by atoms with Crippen LogP contribution in [0, 0.1) is 12.8 Å². The molecule has 0 spiro atoms. The number of nitrogens with zero attached hydrogens (tertiary/aromatic N) is 2. The Kier molecular flexibility index (Phi) is 8.61. The summed E-state index contributed by atoms with van der Waals surface area (Å²) in [7, 11) is 1.99. The van der Waals surface area contributed by atoms with Gasteiger partial charge in [-0.2, -0.15) is 0 Å². The van der Waals surface area contributed by atoms with Crippen LogP contribution < -0.4 is 5.32 Å². The summed E-state index contributed by atoms with van der Waals surface area (Å²) in [6.07, 6.45) is 2.14. The zero-order chi connectivity index (χ0) is 16.4. The number of pyridine rings is 1. The van der Waals surface area contributed by atoms with Gasteiger partial charge in [0.2, 0.25) is 0 Å². The highest BCUT2D eigenvalue weighted by Gasteiger charge is 2.24. The number of amides is 1. The van der Waals surface area contributed by atoms with Gasteiger partial charge >= 0.3 is 0 Å². The summed E-state index contributed by atoms with van der Waals surface area (Å²) in [4.78, 5) is 19.5. The second-order valence-electron chi connectivity index (χ2n) is 6.27. The van der Waals surface area contributed by atoms with Gasteiger partial charge in [-0.15, -0.1) is 24.8 Å². The summed E-state index contributed by atoms with van der Waals surface area (Å²) < 4.78 is 0.970. The van der Waals surface area contributed by atoms with Gasteiger partial charge in [0.15, 0.2) is 0 Å². The minimum absolute atomic E-state index is 0. The number of piperidine rings is 1. The summed E-state index contributed by atoms with van der Waals surface area (Å²) in [5, 5.41) is 4.16. The quantitative estimate of drug-likeness (QED) is 0.764. The van der Waals surface area contributed by atoms with E-state index in [1.807, 2.05) is 43.1 Å². The molecule has 7 heteroatoms. The molecule has 1 N–H and O–H groups in total. The maximum Gasteiger partial charge on any atom is 0.254 e. The predicted molar refractivity (Wildman–Crippen MR) is 111 cm³/mol. The second-order valence-corrected chi connectivity index (χ2v) is 7.18. The Balaban J connectivity index is 0.00000156. The van der Waals surface area contributed by atoms with E-state index >= 15 is 0 Å². The highest BCUT2D eigenvalue weighted by molar-refractivity contribution is 9.10. The maximum absolute atomic E-state index is 13.0. The second kappa shape index (κ2) is 9.72. The molecule has 0 saturated carbocycles. The molecule has 1 amide bonds. The predicted octanol–water partition coefficient (Wildman–Crippen LogP) is 4.22. The lowest BCUT2D eigenvalue weighted by molar-refractivity contribution is 0.0692. The van der Waals surface area contributed by atoms with E-state index in [9.17, 15) is 4.79 Å². The zero-order valence-corrected chi connectivity index (χ0v) is 17.6. The van der Waals surface area contributed by atoms with Gasteiger partial charge in [0.05, 0.1) is 11.1 Å². The van der Waals surface area contributed by atoms with Gasteiger partial charge in [0, 0.05) is 28.6 Å². The third-order valence-electron chi connectivity index (χ3n) is 4.52. The molecule has 0 radical (unpaired) electrons. The van der Waals surface area contributed by atoms with Gasteiger partial charge in [-0.1, -0.05) is 15.9 Å². The number of aryl methyl sites for hydroxylation is 1. The fourth-order valence-electron chi connectivity index (χ4n) is 3.31. The molecule has 2 heterocycles. The highest BCUT2D eigenvalue weighted by Crippen LogP contribution is 2.25. The van der Waals surface area contributed by atoms with Crippen LogP contribution in [0.25, 0.3) is 10.9 Å². The molecule has 1 aliphatic rings. The molecule has 0 unspecified atom stereocenters. The van der Waals surface area contributed by atoms with Crippen molar-refractivity contribution in [2.24, 2.45) is 5.92 Å². The minimum Gasteiger partial charge on any atom is -0.339 e. The topological polar surface area (TPSA) is 45.2 Å². The monoisotopic (exact) mass is 447 g/mol. The van der Waals surface area contributed by atoms with Crippen LogP contribution in [0.1, 0.15) is 28.9 Å². The molecule has 0 atom stereocenters. The van der Waals surface area contributed by atoms with E-state index in [1.54, 1.807) is 0 Å². The molecule has 1 fully saturated rings. The molecule has 1 aliphatic heterocycles. The molecule has 1 aromatic heterocycles. The van der Waals surface area contributed by atoms with E-state index in [2.05, 4.69) is 26.2 Å². The van der Waals surface area contributed by atoms with Crippen LogP contribution in [0.3, 0.4) is 0 Å². The summed E-state index contributed by atoms with van der Waals surface area (Å²) >= 11 is 3.50. The van der Waals surface area contributed by atoms with Crippen LogP contribution in [0.15, 0.2) is 28.7 Å². The van der Waals surface area contributed by atoms with E-state index in [0.717, 1.165) is 59.1 Å². The van der Waals surface area contributed by atoms with Crippen LogP contribution >= 0.6 is 40.7 Å². The first-order valence-corrected chi connectivity index (χ1v) is 8.88. The van der Waals surface area contributed by atoms with Crippen molar-refractivity contribution < 1.29 is 4.79 Å². The number of likely N-dealkylation sites (tertiary alicyclic amines) is 1. The van der Waals surface area contributed by atoms with Crippen molar-refractivity contribution in [3.8, 4) is 0 Å². The Morgan fingerprint density at radius 1 is 1.28 bits per heavy atom. The number of halogens is 3. The smallest absolute Gasteiger partial charge is 0.254 e. The number of aromatic nitrogens is 1. The van der Waals surface area contributed by atoms with Crippen molar-refractivity contribution in [1.82, 2.24) is 15.2 Å². The average molecular weight is 449 g/mol. The van der Waals surface area contributed by atoms with Crippen molar-refractivity contribution in [3.63, 3.8) is 0 Å². The lowest BCUT2D eigenvalue weighted by atomic mass is 9.96. The Labute approximate surface area is 169 Å². The van der Waals surface area contributed by atoms with Crippen LogP contribution in [0.4, 0.5) is 0 Å². The Morgan fingerprint density at radius 3 is 2.60 bits per heavy atom. The Hall–Kier alpha value is -0.880. The standard InChI is InChI=1S/C18H22BrN3O.2ClH/c1-12-9-16(15-10-14(19)3-4-17(15)21-12)18(23)22-7-5-13(6-8-22)11-20-2;;/h3-4,9-10,13,20H,5-8,11H2,1-2H3;2*1H. The molecule has 4 nitrogen and oxygen atoms in total. The fraction of sp³-hybridized carbons (Fsp3) is 0.444. The van der Waals surface area contributed by atoms with Gasteiger partial charge in [0.25, 0.3) is 5.91 Å². The molecule has 0 aliphatic carbocycles. The zero-order valence-electron chi connectivity index (χ0n) is 14.4. The lowest BCUT2D eigenvalue weighted by Crippen LogP contribution is -2.40. The van der Waals surface area contributed by atoms with Gasteiger partial charge in [-0.3, -0.25) is 9.78 Å². The average Bonchev–Trinajstić information content (AvgIpc) is 2.55. The van der Waals surface area contributed by atoms with E-state index in [-0.39, 0.29) is 30.7 Å². The highest BCUT2D eigenvalue weighted by atomic mass is 79.9. The molecule has 2 aromatic rings. The van der Waals surface area contributed by atoms with Crippen molar-refractivity contribution in [3.05, 3.63) is 40.0 Å². The first kappa shape index (κ1) is 22.2. The Morgan fingerprint density at radius 2 is 1.96 bits per heavy atom. The van der Waals surface area contributed by atoms with E-state index in [1.165, 1.54) is 0 Å². The molecule has 25 heavy (non-hydrogen) atoms. The largest absolute Gasteiger partial charge is 0.339 e. The third kappa shape index (κ3) is 5.07. The van der Waals surface area contributed by atoms with Gasteiger partial charge in [-0.25, -0.2) is 0 Å². The summed E-state index contributed by atoms with van der Waals surface area (Å²) in [6, 6.07) is 7.83. The van der Waals surface area contributed by atoms with E-state index < -0.39 is 0 Å². The molecule has 3 rings (SSSR count). The van der Waals surface area contributed by atoms with Gasteiger partial charge < -0.3 is 10.2 Å². The lowest BCUT2D eigenvalue weighted by Gasteiger charge is -2.32. The van der Waals surface area contributed by atoms with E-state index in [4.69, 9.17) is 0 Å². The molecule has 1 saturated heterocycles. The normalized spacial score (nSPS) is 14.8. The SMILES string of the molecule is CNCC1CCN(C(=O)c2cc(C)nc3ccc(Br)cc23)CC1.Cl.Cl. The first-order valence-electron chi connectivity index (χ1n) is 8.09. The summed E-state index contributed by atoms with van der Waals surface area (Å²) in [5.41, 5.74) is 2.52. The maximum atomic E-state index is 13.0. The number of hydrogen-bond donors (Lipinski definition) is 1. The van der Waals surface area contributed by atoms with Crippen molar-refractivity contribution in [2.45, 2.75) is 19.8 Å². The van der Waals surface area contributed by atoms with Crippen molar-refractivity contribution in [2.75, 3.05) is 26.7 Å². The number of fused-ring (bicyclic) bond motifs is 1. The molecule has 1 aromatic carbocycles. The van der Waals surface area contributed by atoms with Crippen LogP contribution in [0.2, 0.25) is 0 Å².